The Morgan fingerprint density at radius 2 is 2.05 bits per heavy atom. The topological polar surface area (TPSA) is 80.3 Å². The quantitative estimate of drug-likeness (QED) is 0.872. The Labute approximate surface area is 118 Å². The zero-order valence-corrected chi connectivity index (χ0v) is 11.2. The molecular formula is C12H14F3N3O3. The van der Waals surface area contributed by atoms with Crippen molar-refractivity contribution in [3.63, 3.8) is 0 Å². The number of aromatic nitrogens is 1. The van der Waals surface area contributed by atoms with Gasteiger partial charge in [-0.1, -0.05) is 6.07 Å². The molecule has 116 valence electrons. The van der Waals surface area contributed by atoms with Gasteiger partial charge < -0.3 is 15.4 Å². The van der Waals surface area contributed by atoms with Gasteiger partial charge in [0.15, 0.2) is 6.61 Å². The molecule has 6 nitrogen and oxygen atoms in total. The summed E-state index contributed by atoms with van der Waals surface area (Å²) >= 11 is 0. The lowest BCUT2D eigenvalue weighted by atomic mass is 10.3. The maximum Gasteiger partial charge on any atom is 0.422 e. The van der Waals surface area contributed by atoms with Crippen molar-refractivity contribution >= 4 is 17.8 Å². The summed E-state index contributed by atoms with van der Waals surface area (Å²) in [5.41, 5.74) is 0.724. The fraction of sp³-hybridized carbons (Fsp3) is 0.417. The van der Waals surface area contributed by atoms with Crippen molar-refractivity contribution in [1.29, 1.82) is 0 Å². The lowest BCUT2D eigenvalue weighted by Gasteiger charge is -2.09. The Kier molecular flexibility index (Phi) is 5.94. The van der Waals surface area contributed by atoms with Crippen LogP contribution in [0.2, 0.25) is 0 Å². The predicted molar refractivity (Wildman–Crippen MR) is 67.6 cm³/mol. The normalized spacial score (nSPS) is 10.9. The minimum atomic E-state index is -4.58. The molecule has 0 atom stereocenters. The highest BCUT2D eigenvalue weighted by Gasteiger charge is 2.29. The van der Waals surface area contributed by atoms with Crippen LogP contribution in [0, 0.1) is 6.92 Å². The van der Waals surface area contributed by atoms with Crippen LogP contribution in [0.1, 0.15) is 12.1 Å². The summed E-state index contributed by atoms with van der Waals surface area (Å²) in [6, 6.07) is 5.06. The number of hydrogen-bond donors (Lipinski definition) is 2. The number of hydrogen-bond acceptors (Lipinski definition) is 4. The van der Waals surface area contributed by atoms with E-state index in [0.29, 0.717) is 5.82 Å². The number of aryl methyl sites for hydroxylation is 1. The van der Waals surface area contributed by atoms with E-state index < -0.39 is 24.8 Å². The summed E-state index contributed by atoms with van der Waals surface area (Å²) in [4.78, 5) is 26.4. The molecule has 0 saturated heterocycles. The van der Waals surface area contributed by atoms with E-state index in [0.717, 1.165) is 5.69 Å². The van der Waals surface area contributed by atoms with Crippen molar-refractivity contribution in [2.24, 2.45) is 0 Å². The Hall–Kier alpha value is -2.32. The summed E-state index contributed by atoms with van der Waals surface area (Å²) in [5.74, 6) is -0.0659. The molecule has 1 aromatic heterocycles. The van der Waals surface area contributed by atoms with E-state index in [9.17, 15) is 22.8 Å². The number of nitrogens with one attached hydrogen (secondary N) is 2. The average Bonchev–Trinajstić information content (AvgIpc) is 2.35. The summed E-state index contributed by atoms with van der Waals surface area (Å²) in [6.45, 7) is -0.0551. The van der Waals surface area contributed by atoms with E-state index in [1.165, 1.54) is 0 Å². The lowest BCUT2D eigenvalue weighted by molar-refractivity contribution is -0.160. The SMILES string of the molecule is Cc1cccc(NC(=O)CCNC(=O)OCC(F)(F)F)n1. The summed E-state index contributed by atoms with van der Waals surface area (Å²) in [5, 5.41) is 4.53. The second kappa shape index (κ2) is 7.46. The first-order chi connectivity index (χ1) is 9.76. The third-order valence-electron chi connectivity index (χ3n) is 2.14. The van der Waals surface area contributed by atoms with Crippen LogP contribution in [0.25, 0.3) is 0 Å². The molecule has 0 radical (unpaired) electrons. The number of carbonyl (C=O) groups excluding carboxylic acids is 2. The number of ether oxygens (including phenoxy) is 1. The van der Waals surface area contributed by atoms with Crippen molar-refractivity contribution in [2.75, 3.05) is 18.5 Å². The second-order valence-electron chi connectivity index (χ2n) is 4.08. The first-order valence-electron chi connectivity index (χ1n) is 5.97. The van der Waals surface area contributed by atoms with Crippen LogP contribution in [-0.2, 0) is 9.53 Å². The second-order valence-corrected chi connectivity index (χ2v) is 4.08. The first-order valence-corrected chi connectivity index (χ1v) is 5.97. The van der Waals surface area contributed by atoms with Gasteiger partial charge in [0.1, 0.15) is 5.82 Å². The lowest BCUT2D eigenvalue weighted by Crippen LogP contribution is -2.31. The maximum atomic E-state index is 11.8. The van der Waals surface area contributed by atoms with Crippen LogP contribution in [0.15, 0.2) is 18.2 Å². The highest BCUT2D eigenvalue weighted by molar-refractivity contribution is 5.90. The van der Waals surface area contributed by atoms with E-state index in [4.69, 9.17) is 0 Å². The molecule has 0 aromatic carbocycles. The van der Waals surface area contributed by atoms with Gasteiger partial charge in [-0.25, -0.2) is 9.78 Å². The number of rotatable bonds is 5. The zero-order valence-electron chi connectivity index (χ0n) is 11.2. The fourth-order valence-electron chi connectivity index (χ4n) is 1.29. The monoisotopic (exact) mass is 305 g/mol. The number of alkyl carbamates (subject to hydrolysis) is 1. The molecule has 1 rings (SSSR count). The third kappa shape index (κ3) is 7.75. The van der Waals surface area contributed by atoms with E-state index in [2.05, 4.69) is 15.0 Å². The van der Waals surface area contributed by atoms with Gasteiger partial charge in [0.2, 0.25) is 5.91 Å². The first kappa shape index (κ1) is 16.7. The van der Waals surface area contributed by atoms with E-state index in [-0.39, 0.29) is 13.0 Å². The molecule has 0 fully saturated rings. The molecule has 1 aromatic rings. The molecule has 0 saturated carbocycles. The van der Waals surface area contributed by atoms with Crippen LogP contribution in [0.5, 0.6) is 0 Å². The highest BCUT2D eigenvalue weighted by Crippen LogP contribution is 2.14. The standard InChI is InChI=1S/C12H14F3N3O3/c1-8-3-2-4-9(17-8)18-10(19)5-6-16-11(20)21-7-12(13,14)15/h2-4H,5-7H2,1H3,(H,16,20)(H,17,18,19). The number of amides is 2. The van der Waals surface area contributed by atoms with Gasteiger partial charge in [-0.05, 0) is 19.1 Å². The van der Waals surface area contributed by atoms with E-state index in [1.807, 2.05) is 5.32 Å². The molecule has 0 bridgehead atoms. The molecule has 2 N–H and O–H groups in total. The van der Waals surface area contributed by atoms with Gasteiger partial charge in [-0.3, -0.25) is 4.79 Å². The van der Waals surface area contributed by atoms with Gasteiger partial charge >= 0.3 is 12.3 Å². The van der Waals surface area contributed by atoms with Crippen molar-refractivity contribution in [1.82, 2.24) is 10.3 Å². The number of anilines is 1. The number of alkyl halides is 3. The highest BCUT2D eigenvalue weighted by atomic mass is 19.4. The average molecular weight is 305 g/mol. The molecule has 21 heavy (non-hydrogen) atoms. The van der Waals surface area contributed by atoms with Gasteiger partial charge in [-0.15, -0.1) is 0 Å². The Morgan fingerprint density at radius 1 is 1.33 bits per heavy atom. The van der Waals surface area contributed by atoms with Gasteiger partial charge in [-0.2, -0.15) is 13.2 Å². The summed E-state index contributed by atoms with van der Waals surface area (Å²) in [7, 11) is 0. The fourth-order valence-corrected chi connectivity index (χ4v) is 1.29. The Morgan fingerprint density at radius 3 is 2.67 bits per heavy atom. The molecule has 0 spiro atoms. The molecule has 0 aliphatic rings. The molecule has 0 unspecified atom stereocenters. The predicted octanol–water partition coefficient (Wildman–Crippen LogP) is 2.01. The molecule has 2 amide bonds. The third-order valence-corrected chi connectivity index (χ3v) is 2.14. The number of pyridine rings is 1. The molecule has 0 aliphatic carbocycles. The van der Waals surface area contributed by atoms with Crippen LogP contribution in [-0.4, -0.2) is 36.3 Å². The number of carbonyl (C=O) groups is 2. The molecule has 1 heterocycles. The van der Waals surface area contributed by atoms with Gasteiger partial charge in [0, 0.05) is 18.7 Å². The van der Waals surface area contributed by atoms with E-state index in [1.54, 1.807) is 25.1 Å². The van der Waals surface area contributed by atoms with Crippen LogP contribution in [0.3, 0.4) is 0 Å². The van der Waals surface area contributed by atoms with Crippen LogP contribution in [0.4, 0.5) is 23.8 Å². The van der Waals surface area contributed by atoms with Crippen molar-refractivity contribution in [3.8, 4) is 0 Å². The minimum absolute atomic E-state index is 0.114. The molecule has 9 heteroatoms. The number of nitrogens with zero attached hydrogens (tertiary/aromatic N) is 1. The van der Waals surface area contributed by atoms with Crippen LogP contribution >= 0.6 is 0 Å². The summed E-state index contributed by atoms with van der Waals surface area (Å²) < 4.78 is 39.2. The van der Waals surface area contributed by atoms with E-state index >= 15 is 0 Å². The van der Waals surface area contributed by atoms with Gasteiger partial charge in [0.25, 0.3) is 0 Å². The summed E-state index contributed by atoms with van der Waals surface area (Å²) in [6.07, 6.45) is -5.92. The minimum Gasteiger partial charge on any atom is -0.440 e. The Bertz CT molecular complexity index is 506. The van der Waals surface area contributed by atoms with Crippen molar-refractivity contribution in [2.45, 2.75) is 19.5 Å². The largest absolute Gasteiger partial charge is 0.440 e. The number of halogens is 3. The van der Waals surface area contributed by atoms with Crippen molar-refractivity contribution < 1.29 is 27.5 Å². The smallest absolute Gasteiger partial charge is 0.422 e. The van der Waals surface area contributed by atoms with Gasteiger partial charge in [0.05, 0.1) is 0 Å². The Balaban J connectivity index is 2.23. The molecule has 0 aliphatic heterocycles. The maximum absolute atomic E-state index is 11.8. The van der Waals surface area contributed by atoms with Crippen LogP contribution < -0.4 is 10.6 Å². The zero-order chi connectivity index (χ0) is 15.9. The molecular weight excluding hydrogens is 291 g/mol. The van der Waals surface area contributed by atoms with Crippen molar-refractivity contribution in [3.05, 3.63) is 23.9 Å².